The zero-order chi connectivity index (χ0) is 5.28. The van der Waals surface area contributed by atoms with Crippen LogP contribution in [0.25, 0.3) is 0 Å². The van der Waals surface area contributed by atoms with Crippen molar-refractivity contribution in [2.45, 2.75) is 6.92 Å². The molecule has 0 spiro atoms. The van der Waals surface area contributed by atoms with E-state index in [1.807, 2.05) is 7.05 Å². The fourth-order valence-electron chi connectivity index (χ4n) is 0.514. The summed E-state index contributed by atoms with van der Waals surface area (Å²) in [7, 11) is 2.04. The van der Waals surface area contributed by atoms with Gasteiger partial charge in [-0.1, -0.05) is 0 Å². The minimum Gasteiger partial charge on any atom is -0.143 e. The highest BCUT2D eigenvalue weighted by Gasteiger charge is 1.92. The quantitative estimate of drug-likeness (QED) is 0.441. The molecule has 1 aromatic rings. The number of aromatic nitrogens is 1. The zero-order valence-corrected chi connectivity index (χ0v) is 5.33. The van der Waals surface area contributed by atoms with Crippen LogP contribution >= 0.6 is 11.5 Å². The summed E-state index contributed by atoms with van der Waals surface area (Å²) in [4.78, 5) is 0. The lowest BCUT2D eigenvalue weighted by molar-refractivity contribution is -0.600. The van der Waals surface area contributed by atoms with Crippen molar-refractivity contribution in [2.75, 3.05) is 0 Å². The van der Waals surface area contributed by atoms with E-state index < -0.39 is 0 Å². The molecular weight excluding hydrogens is 106 g/mol. The summed E-state index contributed by atoms with van der Waals surface area (Å²) < 4.78 is 2.08. The van der Waals surface area contributed by atoms with Gasteiger partial charge in [-0.2, -0.15) is 0 Å². The maximum absolute atomic E-state index is 2.12. The van der Waals surface area contributed by atoms with E-state index in [0.29, 0.717) is 0 Å². The first-order chi connectivity index (χ1) is 3.29. The van der Waals surface area contributed by atoms with Gasteiger partial charge >= 0.3 is 0 Å². The van der Waals surface area contributed by atoms with Crippen molar-refractivity contribution in [3.63, 3.8) is 0 Å². The van der Waals surface area contributed by atoms with E-state index in [-0.39, 0.29) is 0 Å². The Bertz CT molecular complexity index is 140. The molecule has 7 heavy (non-hydrogen) atoms. The first-order valence-electron chi connectivity index (χ1n) is 2.20. The van der Waals surface area contributed by atoms with Crippen LogP contribution < -0.4 is 3.96 Å². The number of hydrogen-bond donors (Lipinski definition) is 0. The average Bonchev–Trinajstić information content (AvgIpc) is 1.87. The van der Waals surface area contributed by atoms with Gasteiger partial charge in [-0.25, -0.2) is 0 Å². The summed E-state index contributed by atoms with van der Waals surface area (Å²) in [6, 6.07) is 0. The molecule has 0 N–H and O–H groups in total. The molecule has 0 atom stereocenters. The monoisotopic (exact) mass is 114 g/mol. The minimum atomic E-state index is 1.34. The van der Waals surface area contributed by atoms with Crippen LogP contribution in [0.3, 0.4) is 0 Å². The third-order valence-corrected chi connectivity index (χ3v) is 1.71. The Morgan fingerprint density at radius 1 is 1.71 bits per heavy atom. The number of rotatable bonds is 0. The molecule has 0 aromatic carbocycles. The van der Waals surface area contributed by atoms with E-state index in [9.17, 15) is 0 Å². The lowest BCUT2D eigenvalue weighted by atomic mass is 10.4. The molecule has 0 aliphatic heterocycles. The first-order valence-corrected chi connectivity index (χ1v) is 3.04. The predicted molar refractivity (Wildman–Crippen MR) is 30.2 cm³/mol. The van der Waals surface area contributed by atoms with Crippen LogP contribution in [0.15, 0.2) is 11.6 Å². The molecule has 0 saturated carbocycles. The first kappa shape index (κ1) is 4.78. The number of nitrogens with zero attached hydrogens (tertiary/aromatic N) is 1. The Morgan fingerprint density at radius 2 is 2.43 bits per heavy atom. The molecule has 1 nitrogen and oxygen atoms in total. The average molecular weight is 114 g/mol. The molecule has 1 heterocycles. The molecule has 1 aromatic heterocycles. The molecule has 1 rings (SSSR count). The van der Waals surface area contributed by atoms with Gasteiger partial charge in [-0.3, -0.25) is 0 Å². The van der Waals surface area contributed by atoms with Crippen molar-refractivity contribution < 1.29 is 3.96 Å². The van der Waals surface area contributed by atoms with Crippen LogP contribution in [0.4, 0.5) is 0 Å². The number of aryl methyl sites for hydroxylation is 2. The molecule has 0 radical (unpaired) electrons. The molecular formula is C5H8NS+. The highest BCUT2D eigenvalue weighted by molar-refractivity contribution is 6.99. The SMILES string of the molecule is Cc1cs[n+](C)c1. The van der Waals surface area contributed by atoms with E-state index in [1.165, 1.54) is 5.56 Å². The summed E-state index contributed by atoms with van der Waals surface area (Å²) in [5, 5.41) is 2.12. The maximum atomic E-state index is 2.12. The molecule has 0 bridgehead atoms. The lowest BCUT2D eigenvalue weighted by Crippen LogP contribution is -2.19. The summed E-state index contributed by atoms with van der Waals surface area (Å²) in [5.74, 6) is 0. The standard InChI is InChI=1S/C5H8NS/c1-5-3-6(2)7-4-5/h3-4H,1-2H3/q+1. The number of hydrogen-bond acceptors (Lipinski definition) is 1. The smallest absolute Gasteiger partial charge is 0.143 e. The summed E-state index contributed by atoms with van der Waals surface area (Å²) in [6.45, 7) is 2.09. The van der Waals surface area contributed by atoms with Gasteiger partial charge < -0.3 is 0 Å². The van der Waals surface area contributed by atoms with Crippen molar-refractivity contribution in [3.05, 3.63) is 17.1 Å². The fourth-order valence-corrected chi connectivity index (χ4v) is 1.13. The minimum absolute atomic E-state index is 1.34. The van der Waals surface area contributed by atoms with Gasteiger partial charge in [0.25, 0.3) is 0 Å². The van der Waals surface area contributed by atoms with Crippen molar-refractivity contribution in [1.82, 2.24) is 0 Å². The van der Waals surface area contributed by atoms with Crippen LogP contribution in [0.5, 0.6) is 0 Å². The molecule has 0 aliphatic carbocycles. The summed E-state index contributed by atoms with van der Waals surface area (Å²) in [5.41, 5.74) is 1.34. The van der Waals surface area contributed by atoms with Crippen molar-refractivity contribution >= 4 is 11.5 Å². The van der Waals surface area contributed by atoms with Crippen molar-refractivity contribution in [3.8, 4) is 0 Å². The Kier molecular flexibility index (Phi) is 1.11. The van der Waals surface area contributed by atoms with Gasteiger partial charge in [0.15, 0.2) is 13.2 Å². The van der Waals surface area contributed by atoms with E-state index in [1.54, 1.807) is 11.5 Å². The summed E-state index contributed by atoms with van der Waals surface area (Å²) in [6.07, 6.45) is 2.10. The largest absolute Gasteiger partial charge is 0.186 e. The Labute approximate surface area is 47.4 Å². The van der Waals surface area contributed by atoms with Crippen molar-refractivity contribution in [1.29, 1.82) is 0 Å². The van der Waals surface area contributed by atoms with E-state index in [0.717, 1.165) is 0 Å². The van der Waals surface area contributed by atoms with Gasteiger partial charge in [0.2, 0.25) is 0 Å². The molecule has 2 heteroatoms. The van der Waals surface area contributed by atoms with Gasteiger partial charge in [-0.15, -0.1) is 3.96 Å². The van der Waals surface area contributed by atoms with Crippen molar-refractivity contribution in [2.24, 2.45) is 7.05 Å². The highest BCUT2D eigenvalue weighted by Crippen LogP contribution is 1.93. The maximum Gasteiger partial charge on any atom is 0.186 e. The lowest BCUT2D eigenvalue weighted by Gasteiger charge is -1.64. The van der Waals surface area contributed by atoms with Crippen LogP contribution in [0.2, 0.25) is 0 Å². The second-order valence-corrected chi connectivity index (χ2v) is 2.67. The van der Waals surface area contributed by atoms with Crippen LogP contribution in [-0.4, -0.2) is 0 Å². The fraction of sp³-hybridized carbons (Fsp3) is 0.400. The van der Waals surface area contributed by atoms with Gasteiger partial charge in [0.05, 0.1) is 5.38 Å². The second-order valence-electron chi connectivity index (χ2n) is 1.64. The highest BCUT2D eigenvalue weighted by atomic mass is 32.1. The van der Waals surface area contributed by atoms with Crippen LogP contribution in [0.1, 0.15) is 5.56 Å². The molecule has 0 aliphatic rings. The third kappa shape index (κ3) is 0.996. The van der Waals surface area contributed by atoms with Crippen LogP contribution in [-0.2, 0) is 7.05 Å². The van der Waals surface area contributed by atoms with E-state index in [2.05, 4.69) is 22.5 Å². The second kappa shape index (κ2) is 1.62. The third-order valence-electron chi connectivity index (χ3n) is 0.790. The van der Waals surface area contributed by atoms with Gasteiger partial charge in [0.1, 0.15) is 11.5 Å². The Morgan fingerprint density at radius 3 is 2.57 bits per heavy atom. The van der Waals surface area contributed by atoms with Gasteiger partial charge in [-0.05, 0) is 6.92 Å². The predicted octanol–water partition coefficient (Wildman–Crippen LogP) is 0.881. The molecule has 0 saturated heterocycles. The summed E-state index contributed by atoms with van der Waals surface area (Å²) >= 11 is 1.72. The molecule has 0 unspecified atom stereocenters. The Balaban J connectivity index is 3.04. The van der Waals surface area contributed by atoms with E-state index >= 15 is 0 Å². The zero-order valence-electron chi connectivity index (χ0n) is 4.51. The Hall–Kier alpha value is -0.370. The topological polar surface area (TPSA) is 3.88 Å². The normalized spacial score (nSPS) is 9.43. The van der Waals surface area contributed by atoms with Crippen LogP contribution in [0, 0.1) is 6.92 Å². The van der Waals surface area contributed by atoms with Gasteiger partial charge in [0, 0.05) is 5.56 Å². The molecule has 38 valence electrons. The molecule has 0 amide bonds. The van der Waals surface area contributed by atoms with E-state index in [4.69, 9.17) is 0 Å². The molecule has 0 fully saturated rings.